The van der Waals surface area contributed by atoms with Crippen molar-refractivity contribution in [1.82, 2.24) is 0 Å². The number of rotatable bonds is 4. The van der Waals surface area contributed by atoms with Gasteiger partial charge in [0.25, 0.3) is 0 Å². The molecule has 2 aromatic rings. The van der Waals surface area contributed by atoms with Crippen LogP contribution in [-0.2, 0) is 11.2 Å². The molecule has 0 N–H and O–H groups in total. The molecule has 2 nitrogen and oxygen atoms in total. The average Bonchev–Trinajstić information content (AvgIpc) is 2.90. The van der Waals surface area contributed by atoms with Gasteiger partial charge in [-0.15, -0.1) is 0 Å². The summed E-state index contributed by atoms with van der Waals surface area (Å²) < 4.78 is 11.9. The molecule has 2 aliphatic rings. The number of benzene rings is 2. The van der Waals surface area contributed by atoms with Crippen molar-refractivity contribution < 1.29 is 9.47 Å². The third-order valence-electron chi connectivity index (χ3n) is 5.04. The van der Waals surface area contributed by atoms with E-state index in [4.69, 9.17) is 9.47 Å². The highest BCUT2D eigenvalue weighted by Crippen LogP contribution is 2.46. The highest BCUT2D eigenvalue weighted by molar-refractivity contribution is 5.68. The monoisotopic (exact) mass is 306 g/mol. The topological polar surface area (TPSA) is 18.5 Å². The lowest BCUT2D eigenvalue weighted by Crippen LogP contribution is -2.34. The van der Waals surface area contributed by atoms with Gasteiger partial charge in [0, 0.05) is 12.8 Å². The summed E-state index contributed by atoms with van der Waals surface area (Å²) in [6, 6.07) is 19.0. The van der Waals surface area contributed by atoms with Gasteiger partial charge in [0.1, 0.15) is 5.75 Å². The zero-order valence-electron chi connectivity index (χ0n) is 13.5. The summed E-state index contributed by atoms with van der Waals surface area (Å²) in [5, 5.41) is 0. The molecule has 2 bridgehead atoms. The largest absolute Gasteiger partial charge is 0.496 e. The fraction of sp³-hybridized carbons (Fsp3) is 0.333. The lowest BCUT2D eigenvalue weighted by Gasteiger charge is -2.34. The summed E-state index contributed by atoms with van der Waals surface area (Å²) in [4.78, 5) is 0. The minimum atomic E-state index is -0.0841. The van der Waals surface area contributed by atoms with Gasteiger partial charge in [0.15, 0.2) is 0 Å². The normalized spacial score (nSPS) is 26.0. The maximum absolute atomic E-state index is 6.41. The quantitative estimate of drug-likeness (QED) is 0.819. The minimum absolute atomic E-state index is 0.0841. The lowest BCUT2D eigenvalue weighted by molar-refractivity contribution is -0.0263. The Kier molecular flexibility index (Phi) is 3.70. The molecule has 0 unspecified atom stereocenters. The van der Waals surface area contributed by atoms with Crippen LogP contribution < -0.4 is 4.74 Å². The van der Waals surface area contributed by atoms with Gasteiger partial charge < -0.3 is 9.47 Å². The zero-order valence-corrected chi connectivity index (χ0v) is 13.5. The second-order valence-corrected chi connectivity index (χ2v) is 6.60. The van der Waals surface area contributed by atoms with E-state index in [0.717, 1.165) is 31.4 Å². The Labute approximate surface area is 137 Å². The predicted octanol–water partition coefficient (Wildman–Crippen LogP) is 4.64. The maximum Gasteiger partial charge on any atom is 0.122 e. The molecule has 4 rings (SSSR count). The van der Waals surface area contributed by atoms with Crippen molar-refractivity contribution in [1.29, 1.82) is 0 Å². The summed E-state index contributed by atoms with van der Waals surface area (Å²) in [5.41, 5.74) is 3.91. The Morgan fingerprint density at radius 3 is 2.70 bits per heavy atom. The molecule has 118 valence electrons. The Hall–Kier alpha value is -2.06. The van der Waals surface area contributed by atoms with E-state index in [0.29, 0.717) is 0 Å². The molecule has 2 heterocycles. The number of hydrogen-bond acceptors (Lipinski definition) is 2. The first-order valence-corrected chi connectivity index (χ1v) is 8.34. The van der Waals surface area contributed by atoms with Crippen molar-refractivity contribution in [2.75, 3.05) is 7.11 Å². The van der Waals surface area contributed by atoms with Crippen LogP contribution in [0.25, 0.3) is 5.57 Å². The molecule has 2 atom stereocenters. The van der Waals surface area contributed by atoms with Crippen molar-refractivity contribution in [2.24, 2.45) is 0 Å². The molecule has 1 saturated heterocycles. The maximum atomic E-state index is 6.41. The number of methoxy groups -OCH3 is 1. The highest BCUT2D eigenvalue weighted by Gasteiger charge is 2.43. The summed E-state index contributed by atoms with van der Waals surface area (Å²) >= 11 is 0. The van der Waals surface area contributed by atoms with Crippen LogP contribution in [0.3, 0.4) is 0 Å². The van der Waals surface area contributed by atoms with Crippen LogP contribution in [0.1, 0.15) is 30.4 Å². The van der Waals surface area contributed by atoms with Crippen LogP contribution in [-0.4, -0.2) is 18.8 Å². The fourth-order valence-electron chi connectivity index (χ4n) is 3.96. The Bertz CT molecular complexity index is 720. The molecule has 2 heteroatoms. The van der Waals surface area contributed by atoms with Gasteiger partial charge >= 0.3 is 0 Å². The van der Waals surface area contributed by atoms with Gasteiger partial charge in [-0.3, -0.25) is 0 Å². The Balaban J connectivity index is 1.63. The Morgan fingerprint density at radius 2 is 1.87 bits per heavy atom. The van der Waals surface area contributed by atoms with Crippen LogP contribution in [0.4, 0.5) is 0 Å². The van der Waals surface area contributed by atoms with Crippen LogP contribution >= 0.6 is 0 Å². The van der Waals surface area contributed by atoms with Crippen molar-refractivity contribution in [3.05, 3.63) is 71.8 Å². The molecule has 0 spiro atoms. The molecule has 0 radical (unpaired) electrons. The molecular weight excluding hydrogens is 284 g/mol. The highest BCUT2D eigenvalue weighted by atomic mass is 16.5. The van der Waals surface area contributed by atoms with Crippen LogP contribution in [0.15, 0.2) is 60.7 Å². The standard InChI is InChI=1S/C21H22O2/c1-22-20-10-6-5-9-17(20)14-21-12-11-19(23-21)13-18(15-21)16-7-3-2-4-8-16/h2-10,13,19H,11-12,14-15H2,1H3/t19-,21-/m0/s1. The molecule has 23 heavy (non-hydrogen) atoms. The predicted molar refractivity (Wildman–Crippen MR) is 92.6 cm³/mol. The van der Waals surface area contributed by atoms with E-state index in [9.17, 15) is 0 Å². The van der Waals surface area contributed by atoms with E-state index in [1.807, 2.05) is 12.1 Å². The van der Waals surface area contributed by atoms with E-state index >= 15 is 0 Å². The van der Waals surface area contributed by atoms with Crippen LogP contribution in [0, 0.1) is 0 Å². The van der Waals surface area contributed by atoms with E-state index < -0.39 is 0 Å². The van der Waals surface area contributed by atoms with Crippen molar-refractivity contribution in [3.8, 4) is 5.75 Å². The third-order valence-corrected chi connectivity index (χ3v) is 5.04. The number of fused-ring (bicyclic) bond motifs is 2. The van der Waals surface area contributed by atoms with Gasteiger partial charge in [-0.05, 0) is 35.6 Å². The smallest absolute Gasteiger partial charge is 0.122 e. The van der Waals surface area contributed by atoms with Crippen molar-refractivity contribution in [2.45, 2.75) is 37.4 Å². The summed E-state index contributed by atoms with van der Waals surface area (Å²) in [6.07, 6.45) is 6.70. The summed E-state index contributed by atoms with van der Waals surface area (Å²) in [6.45, 7) is 0. The molecule has 0 aromatic heterocycles. The first-order valence-electron chi connectivity index (χ1n) is 8.34. The SMILES string of the molecule is COc1ccccc1C[C@@]12CC[C@@H](C=C(c3ccccc3)C1)O2. The molecule has 0 saturated carbocycles. The van der Waals surface area contributed by atoms with E-state index in [-0.39, 0.29) is 11.7 Å². The molecule has 1 fully saturated rings. The zero-order chi connectivity index (χ0) is 15.7. The Morgan fingerprint density at radius 1 is 1.09 bits per heavy atom. The van der Waals surface area contributed by atoms with Gasteiger partial charge in [0.05, 0.1) is 18.8 Å². The molecule has 0 amide bonds. The fourth-order valence-corrected chi connectivity index (χ4v) is 3.96. The van der Waals surface area contributed by atoms with E-state index in [1.165, 1.54) is 16.7 Å². The van der Waals surface area contributed by atoms with Gasteiger partial charge in [-0.1, -0.05) is 54.6 Å². The second-order valence-electron chi connectivity index (χ2n) is 6.60. The van der Waals surface area contributed by atoms with Crippen molar-refractivity contribution in [3.63, 3.8) is 0 Å². The number of para-hydroxylation sites is 1. The van der Waals surface area contributed by atoms with Gasteiger partial charge in [-0.2, -0.15) is 0 Å². The molecule has 2 aromatic carbocycles. The molecule has 0 aliphatic carbocycles. The first kappa shape index (κ1) is 14.5. The third kappa shape index (κ3) is 2.79. The molecular formula is C21H22O2. The minimum Gasteiger partial charge on any atom is -0.496 e. The second kappa shape index (κ2) is 5.86. The average molecular weight is 306 g/mol. The summed E-state index contributed by atoms with van der Waals surface area (Å²) in [5.74, 6) is 0.963. The summed E-state index contributed by atoms with van der Waals surface area (Å²) in [7, 11) is 1.74. The van der Waals surface area contributed by atoms with E-state index in [1.54, 1.807) is 7.11 Å². The van der Waals surface area contributed by atoms with Gasteiger partial charge in [0.2, 0.25) is 0 Å². The first-order chi connectivity index (χ1) is 11.3. The van der Waals surface area contributed by atoms with Gasteiger partial charge in [-0.25, -0.2) is 0 Å². The van der Waals surface area contributed by atoms with Crippen LogP contribution in [0.2, 0.25) is 0 Å². The van der Waals surface area contributed by atoms with E-state index in [2.05, 4.69) is 48.5 Å². The molecule has 2 aliphatic heterocycles. The number of ether oxygens (including phenoxy) is 2. The van der Waals surface area contributed by atoms with Crippen molar-refractivity contribution >= 4 is 5.57 Å². The number of hydrogen-bond donors (Lipinski definition) is 0. The van der Waals surface area contributed by atoms with Crippen LogP contribution in [0.5, 0.6) is 5.75 Å². The lowest BCUT2D eigenvalue weighted by atomic mass is 9.84.